The topological polar surface area (TPSA) is 58.9 Å². The highest BCUT2D eigenvalue weighted by molar-refractivity contribution is 5.86. The minimum absolute atomic E-state index is 0.502. The first kappa shape index (κ1) is 12.8. The third-order valence-corrected chi connectivity index (χ3v) is 2.87. The van der Waals surface area contributed by atoms with Crippen LogP contribution in [-0.2, 0) is 7.05 Å². The van der Waals surface area contributed by atoms with Gasteiger partial charge in [-0.05, 0) is 0 Å². The monoisotopic (exact) mass is 248 g/mol. The number of anilines is 1. The van der Waals surface area contributed by atoms with Crippen LogP contribution >= 0.6 is 0 Å². The Balaban J connectivity index is 2.15. The van der Waals surface area contributed by atoms with Crippen LogP contribution in [0.4, 0.5) is 5.82 Å². The number of nitrogens with zero attached hydrogens (tertiary/aromatic N) is 5. The molecule has 2 heterocycles. The van der Waals surface area contributed by atoms with Gasteiger partial charge in [0.2, 0.25) is 0 Å². The van der Waals surface area contributed by atoms with Gasteiger partial charge < -0.3 is 10.2 Å². The maximum Gasteiger partial charge on any atom is 0.163 e. The zero-order valence-electron chi connectivity index (χ0n) is 11.4. The highest BCUT2D eigenvalue weighted by Gasteiger charge is 2.11. The van der Waals surface area contributed by atoms with Crippen molar-refractivity contribution >= 4 is 16.9 Å². The van der Waals surface area contributed by atoms with Gasteiger partial charge in [0.05, 0.1) is 11.6 Å². The quantitative estimate of drug-likeness (QED) is 0.848. The third-order valence-electron chi connectivity index (χ3n) is 2.87. The van der Waals surface area contributed by atoms with E-state index in [0.717, 1.165) is 29.9 Å². The van der Waals surface area contributed by atoms with Crippen LogP contribution in [0.15, 0.2) is 12.5 Å². The molecule has 2 rings (SSSR count). The molecule has 2 aromatic heterocycles. The fraction of sp³-hybridized carbons (Fsp3) is 0.583. The van der Waals surface area contributed by atoms with Crippen LogP contribution in [0.1, 0.15) is 13.8 Å². The van der Waals surface area contributed by atoms with E-state index in [1.54, 1.807) is 11.0 Å². The van der Waals surface area contributed by atoms with Gasteiger partial charge in [-0.15, -0.1) is 0 Å². The summed E-state index contributed by atoms with van der Waals surface area (Å²) in [6, 6.07) is 0.502. The minimum atomic E-state index is 0.502. The zero-order chi connectivity index (χ0) is 13.1. The maximum atomic E-state index is 4.35. The molecule has 0 radical (unpaired) electrons. The number of hydrogen-bond acceptors (Lipinski definition) is 5. The van der Waals surface area contributed by atoms with Crippen molar-refractivity contribution < 1.29 is 0 Å². The molecule has 0 aliphatic rings. The summed E-state index contributed by atoms with van der Waals surface area (Å²) in [5.41, 5.74) is 0.865. The van der Waals surface area contributed by atoms with Gasteiger partial charge >= 0.3 is 0 Å². The number of nitrogens with one attached hydrogen (secondary N) is 1. The van der Waals surface area contributed by atoms with Crippen molar-refractivity contribution in [3.8, 4) is 0 Å². The summed E-state index contributed by atoms with van der Waals surface area (Å²) in [6.45, 7) is 6.12. The highest BCUT2D eigenvalue weighted by atomic mass is 15.3. The summed E-state index contributed by atoms with van der Waals surface area (Å²) in [5, 5.41) is 8.61. The normalized spacial score (nSPS) is 11.4. The predicted octanol–water partition coefficient (Wildman–Crippen LogP) is 0.797. The predicted molar refractivity (Wildman–Crippen MR) is 72.7 cm³/mol. The number of hydrogen-bond donors (Lipinski definition) is 1. The van der Waals surface area contributed by atoms with E-state index >= 15 is 0 Å². The number of likely N-dealkylation sites (N-methyl/N-ethyl adjacent to an activating group) is 1. The summed E-state index contributed by atoms with van der Waals surface area (Å²) in [7, 11) is 3.93. The van der Waals surface area contributed by atoms with Crippen LogP contribution in [0.2, 0.25) is 0 Å². The van der Waals surface area contributed by atoms with Crippen LogP contribution < -0.4 is 10.2 Å². The van der Waals surface area contributed by atoms with E-state index < -0.39 is 0 Å². The molecule has 0 spiro atoms. The molecule has 18 heavy (non-hydrogen) atoms. The minimum Gasteiger partial charge on any atom is -0.358 e. The summed E-state index contributed by atoms with van der Waals surface area (Å²) < 4.78 is 1.76. The fourth-order valence-corrected chi connectivity index (χ4v) is 1.88. The van der Waals surface area contributed by atoms with Crippen LogP contribution in [0.25, 0.3) is 11.0 Å². The first-order valence-corrected chi connectivity index (χ1v) is 6.17. The summed E-state index contributed by atoms with van der Waals surface area (Å²) in [4.78, 5) is 10.7. The molecule has 98 valence electrons. The number of aryl methyl sites for hydroxylation is 1. The van der Waals surface area contributed by atoms with Gasteiger partial charge in [0.25, 0.3) is 0 Å². The Morgan fingerprint density at radius 1 is 1.39 bits per heavy atom. The lowest BCUT2D eigenvalue weighted by Crippen LogP contribution is -2.33. The van der Waals surface area contributed by atoms with Gasteiger partial charge in [0.1, 0.15) is 12.1 Å². The smallest absolute Gasteiger partial charge is 0.163 e. The maximum absolute atomic E-state index is 4.35. The second kappa shape index (κ2) is 5.30. The molecule has 6 heteroatoms. The molecule has 0 bridgehead atoms. The van der Waals surface area contributed by atoms with E-state index in [1.807, 2.05) is 20.3 Å². The largest absolute Gasteiger partial charge is 0.358 e. The number of aromatic nitrogens is 4. The molecule has 0 aromatic carbocycles. The van der Waals surface area contributed by atoms with Crippen molar-refractivity contribution in [1.29, 1.82) is 0 Å². The Labute approximate surface area is 107 Å². The summed E-state index contributed by atoms with van der Waals surface area (Å²) >= 11 is 0. The standard InChI is InChI=1S/C12H20N6/c1-9(2)13-5-6-17(3)11-10-7-16-18(4)12(10)15-8-14-11/h7-9,13H,5-6H2,1-4H3. The first-order valence-electron chi connectivity index (χ1n) is 6.17. The van der Waals surface area contributed by atoms with E-state index in [-0.39, 0.29) is 0 Å². The molecule has 0 aliphatic heterocycles. The molecule has 0 amide bonds. The molecule has 0 fully saturated rings. The molecule has 0 aliphatic carbocycles. The van der Waals surface area contributed by atoms with Gasteiger partial charge in [0.15, 0.2) is 5.65 Å². The van der Waals surface area contributed by atoms with Gasteiger partial charge in [-0.25, -0.2) is 9.97 Å². The molecular formula is C12H20N6. The lowest BCUT2D eigenvalue weighted by atomic mass is 10.3. The lowest BCUT2D eigenvalue weighted by Gasteiger charge is -2.19. The SMILES string of the molecule is CC(C)NCCN(C)c1ncnc2c1cnn2C. The van der Waals surface area contributed by atoms with Crippen molar-refractivity contribution in [1.82, 2.24) is 25.1 Å². The van der Waals surface area contributed by atoms with Crippen molar-refractivity contribution in [2.24, 2.45) is 7.05 Å². The Morgan fingerprint density at radius 3 is 2.89 bits per heavy atom. The second-order valence-electron chi connectivity index (χ2n) is 4.73. The molecule has 0 unspecified atom stereocenters. The molecular weight excluding hydrogens is 228 g/mol. The molecule has 2 aromatic rings. The van der Waals surface area contributed by atoms with E-state index in [4.69, 9.17) is 0 Å². The van der Waals surface area contributed by atoms with Crippen molar-refractivity contribution in [3.63, 3.8) is 0 Å². The van der Waals surface area contributed by atoms with Crippen LogP contribution in [0.3, 0.4) is 0 Å². The van der Waals surface area contributed by atoms with Crippen LogP contribution in [-0.4, -0.2) is 45.9 Å². The lowest BCUT2D eigenvalue weighted by molar-refractivity contribution is 0.588. The zero-order valence-corrected chi connectivity index (χ0v) is 11.4. The van der Waals surface area contributed by atoms with E-state index in [2.05, 4.69) is 39.1 Å². The Hall–Kier alpha value is -1.69. The second-order valence-corrected chi connectivity index (χ2v) is 4.73. The van der Waals surface area contributed by atoms with Gasteiger partial charge in [-0.2, -0.15) is 5.10 Å². The van der Waals surface area contributed by atoms with E-state index in [0.29, 0.717) is 6.04 Å². The highest BCUT2D eigenvalue weighted by Crippen LogP contribution is 2.20. The van der Waals surface area contributed by atoms with Gasteiger partial charge in [-0.3, -0.25) is 4.68 Å². The fourth-order valence-electron chi connectivity index (χ4n) is 1.88. The molecule has 0 saturated carbocycles. The Kier molecular flexibility index (Phi) is 3.76. The summed E-state index contributed by atoms with van der Waals surface area (Å²) in [5.74, 6) is 0.929. The third kappa shape index (κ3) is 2.59. The van der Waals surface area contributed by atoms with Crippen molar-refractivity contribution in [3.05, 3.63) is 12.5 Å². The van der Waals surface area contributed by atoms with E-state index in [9.17, 15) is 0 Å². The molecule has 0 atom stereocenters. The molecule has 6 nitrogen and oxygen atoms in total. The van der Waals surface area contributed by atoms with Gasteiger partial charge in [0, 0.05) is 33.2 Å². The Bertz CT molecular complexity index is 518. The summed E-state index contributed by atoms with van der Waals surface area (Å²) in [6.07, 6.45) is 3.41. The van der Waals surface area contributed by atoms with Gasteiger partial charge in [-0.1, -0.05) is 13.8 Å². The van der Waals surface area contributed by atoms with E-state index in [1.165, 1.54) is 0 Å². The van der Waals surface area contributed by atoms with Crippen molar-refractivity contribution in [2.75, 3.05) is 25.0 Å². The number of rotatable bonds is 5. The van der Waals surface area contributed by atoms with Crippen molar-refractivity contribution in [2.45, 2.75) is 19.9 Å². The average Bonchev–Trinajstić information content (AvgIpc) is 2.71. The van der Waals surface area contributed by atoms with Crippen LogP contribution in [0, 0.1) is 0 Å². The average molecular weight is 248 g/mol. The van der Waals surface area contributed by atoms with Crippen LogP contribution in [0.5, 0.6) is 0 Å². The molecule has 1 N–H and O–H groups in total. The Morgan fingerprint density at radius 2 is 2.17 bits per heavy atom. The number of fused-ring (bicyclic) bond motifs is 1. The first-order chi connectivity index (χ1) is 8.59. The molecule has 0 saturated heterocycles.